The number of benzene rings is 2. The number of hydrogen-bond donors (Lipinski definition) is 2. The van der Waals surface area contributed by atoms with Crippen LogP contribution in [0.5, 0.6) is 0 Å². The molecule has 1 aliphatic heterocycles. The van der Waals surface area contributed by atoms with Gasteiger partial charge in [-0.1, -0.05) is 52.3 Å². The molecule has 4 aromatic rings. The van der Waals surface area contributed by atoms with Gasteiger partial charge >= 0.3 is 0 Å². The Morgan fingerprint density at radius 1 is 1.19 bits per heavy atom. The Hall–Kier alpha value is -3.11. The predicted molar refractivity (Wildman–Crippen MR) is 121 cm³/mol. The number of fused-ring (bicyclic) bond motifs is 1. The molecule has 0 saturated carbocycles. The van der Waals surface area contributed by atoms with Crippen LogP contribution in [0.2, 0.25) is 0 Å². The number of aromatic amines is 1. The molecule has 5 rings (SSSR count). The Morgan fingerprint density at radius 2 is 2.00 bits per heavy atom. The number of ether oxygens (including phenoxy) is 2. The molecule has 0 aliphatic carbocycles. The average molecular weight is 514 g/mol. The minimum Gasteiger partial charge on any atom is -0.454 e. The summed E-state index contributed by atoms with van der Waals surface area (Å²) >= 11 is 4.77. The van der Waals surface area contributed by atoms with Crippen molar-refractivity contribution >= 4 is 38.9 Å². The first-order chi connectivity index (χ1) is 15.6. The zero-order valence-electron chi connectivity index (χ0n) is 16.6. The van der Waals surface area contributed by atoms with Gasteiger partial charge in [0, 0.05) is 16.6 Å². The summed E-state index contributed by atoms with van der Waals surface area (Å²) in [5.74, 6) is -0.238. The zero-order valence-corrected chi connectivity index (χ0v) is 19.0. The molecule has 1 aliphatic rings. The Morgan fingerprint density at radius 3 is 2.84 bits per heavy atom. The van der Waals surface area contributed by atoms with E-state index >= 15 is 0 Å². The maximum Gasteiger partial charge on any atom is 0.268 e. The first-order valence-corrected chi connectivity index (χ1v) is 11.4. The standard InChI is InChI=1S/C22H17BrFN5O2S/c23-15-7-3-2-6-14(15)21-30-11-17(31-21)32-22-27-18-19(25)26-12-29(20(18)28-22)10-9-13-5-1-4-8-16(13)24/h1-8,11-12,21,25H,9-10H2,(H,27,28). The molecule has 32 heavy (non-hydrogen) atoms. The van der Waals surface area contributed by atoms with E-state index in [4.69, 9.17) is 14.9 Å². The van der Waals surface area contributed by atoms with E-state index in [1.165, 1.54) is 17.8 Å². The lowest BCUT2D eigenvalue weighted by Crippen LogP contribution is -2.13. The number of imidazole rings is 1. The van der Waals surface area contributed by atoms with Crippen molar-refractivity contribution in [3.8, 4) is 0 Å². The summed E-state index contributed by atoms with van der Waals surface area (Å²) in [6, 6.07) is 14.4. The summed E-state index contributed by atoms with van der Waals surface area (Å²) in [5, 5.41) is 9.20. The number of hydrogen-bond acceptors (Lipinski definition) is 6. The van der Waals surface area contributed by atoms with Crippen LogP contribution in [0, 0.1) is 11.2 Å². The second kappa shape index (κ2) is 8.79. The molecule has 10 heteroatoms. The van der Waals surface area contributed by atoms with E-state index in [-0.39, 0.29) is 11.3 Å². The molecule has 0 radical (unpaired) electrons. The van der Waals surface area contributed by atoms with Crippen molar-refractivity contribution in [2.24, 2.45) is 0 Å². The van der Waals surface area contributed by atoms with Gasteiger partial charge in [-0.15, -0.1) is 0 Å². The highest BCUT2D eigenvalue weighted by Gasteiger charge is 2.25. The van der Waals surface area contributed by atoms with Gasteiger partial charge in [-0.05, 0) is 35.9 Å². The van der Waals surface area contributed by atoms with Gasteiger partial charge in [-0.25, -0.2) is 14.4 Å². The average Bonchev–Trinajstić information content (AvgIpc) is 3.43. The number of aromatic nitrogens is 4. The van der Waals surface area contributed by atoms with Crippen molar-refractivity contribution in [3.63, 3.8) is 0 Å². The second-order valence-electron chi connectivity index (χ2n) is 7.01. The quantitative estimate of drug-likeness (QED) is 0.377. The molecule has 1 unspecified atom stereocenters. The van der Waals surface area contributed by atoms with E-state index in [1.54, 1.807) is 24.7 Å². The second-order valence-corrected chi connectivity index (χ2v) is 8.86. The Kier molecular flexibility index (Phi) is 5.71. The van der Waals surface area contributed by atoms with Crippen molar-refractivity contribution < 1.29 is 13.9 Å². The Balaban J connectivity index is 1.34. The third-order valence-electron chi connectivity index (χ3n) is 4.95. The number of aryl methyl sites for hydroxylation is 2. The molecule has 0 fully saturated rings. The van der Waals surface area contributed by atoms with Crippen LogP contribution in [0.25, 0.3) is 11.2 Å². The predicted octanol–water partition coefficient (Wildman–Crippen LogP) is 5.02. The van der Waals surface area contributed by atoms with Crippen LogP contribution in [-0.4, -0.2) is 19.5 Å². The van der Waals surface area contributed by atoms with Gasteiger partial charge in [0.2, 0.25) is 5.09 Å². The van der Waals surface area contributed by atoms with Crippen LogP contribution in [0.3, 0.4) is 0 Å². The molecule has 2 aromatic heterocycles. The van der Waals surface area contributed by atoms with Crippen LogP contribution in [0.1, 0.15) is 17.4 Å². The number of halogens is 2. The van der Waals surface area contributed by atoms with Gasteiger partial charge in [-0.2, -0.15) is 0 Å². The third-order valence-corrected chi connectivity index (χ3v) is 6.45. The molecule has 0 amide bonds. The molecule has 0 saturated heterocycles. The first-order valence-electron chi connectivity index (χ1n) is 9.76. The fourth-order valence-corrected chi connectivity index (χ4v) is 4.53. The molecule has 0 bridgehead atoms. The lowest BCUT2D eigenvalue weighted by atomic mass is 10.1. The van der Waals surface area contributed by atoms with Gasteiger partial charge in [0.05, 0.1) is 6.33 Å². The highest BCUT2D eigenvalue weighted by Crippen LogP contribution is 2.38. The van der Waals surface area contributed by atoms with Crippen molar-refractivity contribution in [2.75, 3.05) is 0 Å². The fraction of sp³-hybridized carbons (Fsp3) is 0.136. The van der Waals surface area contributed by atoms with E-state index in [0.29, 0.717) is 39.9 Å². The smallest absolute Gasteiger partial charge is 0.268 e. The third kappa shape index (κ3) is 4.15. The summed E-state index contributed by atoms with van der Waals surface area (Å²) in [5.41, 5.74) is 2.67. The molecule has 162 valence electrons. The molecule has 1 atom stereocenters. The highest BCUT2D eigenvalue weighted by atomic mass is 79.9. The van der Waals surface area contributed by atoms with Crippen molar-refractivity contribution in [3.05, 3.63) is 93.1 Å². The molecular formula is C22H17BrFN5O2S. The van der Waals surface area contributed by atoms with E-state index in [9.17, 15) is 4.39 Å². The summed E-state index contributed by atoms with van der Waals surface area (Å²) < 4.78 is 28.2. The minimum atomic E-state index is -0.545. The number of nitrogens with zero attached hydrogens (tertiary/aromatic N) is 3. The maximum atomic E-state index is 14.0. The van der Waals surface area contributed by atoms with Crippen LogP contribution in [-0.2, 0) is 22.4 Å². The van der Waals surface area contributed by atoms with Gasteiger partial charge in [0.15, 0.2) is 16.3 Å². The van der Waals surface area contributed by atoms with Crippen molar-refractivity contribution in [1.82, 2.24) is 19.5 Å². The molecule has 2 aromatic carbocycles. The maximum absolute atomic E-state index is 14.0. The molecular weight excluding hydrogens is 497 g/mol. The molecule has 7 nitrogen and oxygen atoms in total. The van der Waals surface area contributed by atoms with Crippen molar-refractivity contribution in [2.45, 2.75) is 24.4 Å². The van der Waals surface area contributed by atoms with Gasteiger partial charge in [-0.3, -0.25) is 5.41 Å². The number of thioether (sulfide) groups is 1. The summed E-state index contributed by atoms with van der Waals surface area (Å²) in [7, 11) is 0. The fourth-order valence-electron chi connectivity index (χ4n) is 3.34. The van der Waals surface area contributed by atoms with Crippen molar-refractivity contribution in [1.29, 1.82) is 5.41 Å². The van der Waals surface area contributed by atoms with Gasteiger partial charge < -0.3 is 19.0 Å². The largest absolute Gasteiger partial charge is 0.454 e. The molecule has 2 N–H and O–H groups in total. The topological polar surface area (TPSA) is 88.8 Å². The lowest BCUT2D eigenvalue weighted by molar-refractivity contribution is -0.0278. The van der Waals surface area contributed by atoms with E-state index in [1.807, 2.05) is 34.9 Å². The number of H-pyrrole nitrogens is 1. The van der Waals surface area contributed by atoms with Crippen LogP contribution in [0.4, 0.5) is 4.39 Å². The SMILES string of the molecule is N=c1ncn(CCc2ccccc2F)c2nc(SC3=COC(c4ccccc4Br)O3)[nH]c12. The summed E-state index contributed by atoms with van der Waals surface area (Å²) in [6.45, 7) is 0.478. The first kappa shape index (κ1) is 20.8. The summed E-state index contributed by atoms with van der Waals surface area (Å²) in [6.07, 6.45) is 3.04. The van der Waals surface area contributed by atoms with Crippen LogP contribution in [0.15, 0.2) is 75.8 Å². The Labute approximate surface area is 195 Å². The lowest BCUT2D eigenvalue weighted by Gasteiger charge is -2.12. The normalized spacial score (nSPS) is 15.4. The number of nitrogens with one attached hydrogen (secondary N) is 2. The number of rotatable bonds is 6. The van der Waals surface area contributed by atoms with E-state index in [0.717, 1.165) is 10.0 Å². The zero-order chi connectivity index (χ0) is 22.1. The minimum absolute atomic E-state index is 0.0881. The van der Waals surface area contributed by atoms with Gasteiger partial charge in [0.1, 0.15) is 17.6 Å². The Bertz CT molecular complexity index is 1390. The van der Waals surface area contributed by atoms with Crippen LogP contribution < -0.4 is 5.49 Å². The van der Waals surface area contributed by atoms with E-state index in [2.05, 4.69) is 30.9 Å². The highest BCUT2D eigenvalue weighted by molar-refractivity contribution is 9.10. The molecule has 0 spiro atoms. The van der Waals surface area contributed by atoms with Gasteiger partial charge in [0.25, 0.3) is 6.29 Å². The molecule has 3 heterocycles. The summed E-state index contributed by atoms with van der Waals surface area (Å²) in [4.78, 5) is 11.9. The van der Waals surface area contributed by atoms with Crippen LogP contribution >= 0.6 is 27.7 Å². The monoisotopic (exact) mass is 513 g/mol. The van der Waals surface area contributed by atoms with E-state index < -0.39 is 6.29 Å².